The highest BCUT2D eigenvalue weighted by Crippen LogP contribution is 2.25. The Hall–Kier alpha value is -1.68. The molecular formula is C20H23BrN2O. The van der Waals surface area contributed by atoms with E-state index in [4.69, 9.17) is 0 Å². The van der Waals surface area contributed by atoms with E-state index in [0.717, 1.165) is 27.8 Å². The lowest BCUT2D eigenvalue weighted by molar-refractivity contribution is 0.0909. The molecule has 126 valence electrons. The fraction of sp³-hybridized carbons (Fsp3) is 0.400. The largest absolute Gasteiger partial charge is 0.349 e. The predicted molar refractivity (Wildman–Crippen MR) is 101 cm³/mol. The monoisotopic (exact) mass is 386 g/mol. The number of carbonyl (C=O) groups is 1. The number of halogens is 1. The van der Waals surface area contributed by atoms with Crippen molar-refractivity contribution in [3.8, 4) is 11.3 Å². The van der Waals surface area contributed by atoms with Gasteiger partial charge in [0.25, 0.3) is 5.91 Å². The molecule has 2 aromatic rings. The van der Waals surface area contributed by atoms with Crippen molar-refractivity contribution in [1.82, 2.24) is 10.3 Å². The average Bonchev–Trinajstić information content (AvgIpc) is 2.56. The summed E-state index contributed by atoms with van der Waals surface area (Å²) in [6.07, 6.45) is 4.75. The highest BCUT2D eigenvalue weighted by atomic mass is 79.9. The maximum Gasteiger partial charge on any atom is 0.253 e. The van der Waals surface area contributed by atoms with Gasteiger partial charge in [-0.3, -0.25) is 9.78 Å². The van der Waals surface area contributed by atoms with Gasteiger partial charge in [0.1, 0.15) is 0 Å². The second kappa shape index (κ2) is 7.47. The minimum absolute atomic E-state index is 0.000424. The summed E-state index contributed by atoms with van der Waals surface area (Å²) in [6, 6.07) is 12.1. The summed E-state index contributed by atoms with van der Waals surface area (Å²) in [6.45, 7) is 4.13. The molecule has 1 aromatic heterocycles. The predicted octanol–water partition coefficient (Wildman–Crippen LogP) is 5.13. The first kappa shape index (κ1) is 17.2. The molecule has 3 rings (SSSR count). The van der Waals surface area contributed by atoms with E-state index in [0.29, 0.717) is 11.5 Å². The highest BCUT2D eigenvalue weighted by Gasteiger charge is 2.24. The molecule has 0 spiro atoms. The van der Waals surface area contributed by atoms with Crippen LogP contribution in [0.25, 0.3) is 11.3 Å². The zero-order chi connectivity index (χ0) is 17.1. The average molecular weight is 387 g/mol. The minimum Gasteiger partial charge on any atom is -0.349 e. The lowest BCUT2D eigenvalue weighted by atomic mass is 9.86. The first-order valence-electron chi connectivity index (χ1n) is 8.59. The van der Waals surface area contributed by atoms with Gasteiger partial charge in [-0.15, -0.1) is 0 Å². The number of carbonyl (C=O) groups excluding carboxylic acids is 1. The van der Waals surface area contributed by atoms with Crippen LogP contribution in [0.15, 0.2) is 40.9 Å². The number of nitrogens with zero attached hydrogens (tertiary/aromatic N) is 1. The third-order valence-corrected chi connectivity index (χ3v) is 5.37. The SMILES string of the molecule is Cc1nc(-c2cccc(Br)c2)ccc1C(=O)NC1CCCCC1C. The van der Waals surface area contributed by atoms with Gasteiger partial charge < -0.3 is 5.32 Å². The Kier molecular flexibility index (Phi) is 5.34. The zero-order valence-corrected chi connectivity index (χ0v) is 15.8. The summed E-state index contributed by atoms with van der Waals surface area (Å²) in [5.74, 6) is 0.552. The van der Waals surface area contributed by atoms with Gasteiger partial charge in [-0.1, -0.05) is 47.8 Å². The molecule has 0 radical (unpaired) electrons. The van der Waals surface area contributed by atoms with Crippen LogP contribution in [0.5, 0.6) is 0 Å². The fourth-order valence-electron chi connectivity index (χ4n) is 3.39. The van der Waals surface area contributed by atoms with E-state index in [-0.39, 0.29) is 11.9 Å². The van der Waals surface area contributed by atoms with Gasteiger partial charge in [-0.05, 0) is 49.9 Å². The van der Waals surface area contributed by atoms with E-state index >= 15 is 0 Å². The molecule has 0 bridgehead atoms. The summed E-state index contributed by atoms with van der Waals surface area (Å²) >= 11 is 3.48. The number of nitrogens with one attached hydrogen (secondary N) is 1. The van der Waals surface area contributed by atoms with Crippen molar-refractivity contribution in [2.24, 2.45) is 5.92 Å². The van der Waals surface area contributed by atoms with Crippen LogP contribution in [0.3, 0.4) is 0 Å². The van der Waals surface area contributed by atoms with E-state index in [1.807, 2.05) is 43.3 Å². The summed E-state index contributed by atoms with van der Waals surface area (Å²) in [5.41, 5.74) is 3.37. The maximum atomic E-state index is 12.6. The van der Waals surface area contributed by atoms with Crippen LogP contribution in [-0.4, -0.2) is 16.9 Å². The summed E-state index contributed by atoms with van der Waals surface area (Å²) in [7, 11) is 0. The van der Waals surface area contributed by atoms with Crippen LogP contribution in [0.1, 0.15) is 48.7 Å². The Morgan fingerprint density at radius 3 is 2.71 bits per heavy atom. The standard InChI is InChI=1S/C20H23BrN2O/c1-13-6-3-4-9-18(13)23-20(24)17-10-11-19(22-14(17)2)15-7-5-8-16(21)12-15/h5,7-8,10-13,18H,3-4,6,9H2,1-2H3,(H,23,24). The lowest BCUT2D eigenvalue weighted by Crippen LogP contribution is -2.41. The number of aryl methyl sites for hydroxylation is 1. The van der Waals surface area contributed by atoms with Gasteiger partial charge in [-0.2, -0.15) is 0 Å². The van der Waals surface area contributed by atoms with Crippen molar-refractivity contribution in [3.63, 3.8) is 0 Å². The summed E-state index contributed by atoms with van der Waals surface area (Å²) < 4.78 is 1.02. The second-order valence-corrected chi connectivity index (χ2v) is 7.60. The number of rotatable bonds is 3. The molecule has 0 aliphatic heterocycles. The summed E-state index contributed by atoms with van der Waals surface area (Å²) in [4.78, 5) is 17.3. The molecule has 24 heavy (non-hydrogen) atoms. The van der Waals surface area contributed by atoms with Crippen molar-refractivity contribution < 1.29 is 4.79 Å². The molecule has 2 unspecified atom stereocenters. The van der Waals surface area contributed by atoms with Crippen LogP contribution >= 0.6 is 15.9 Å². The molecule has 1 aromatic carbocycles. The smallest absolute Gasteiger partial charge is 0.253 e. The van der Waals surface area contributed by atoms with Crippen LogP contribution in [0, 0.1) is 12.8 Å². The van der Waals surface area contributed by atoms with Crippen LogP contribution in [0.2, 0.25) is 0 Å². The fourth-order valence-corrected chi connectivity index (χ4v) is 3.79. The molecule has 1 fully saturated rings. The molecule has 1 aliphatic rings. The van der Waals surface area contributed by atoms with Crippen molar-refractivity contribution in [2.45, 2.75) is 45.6 Å². The van der Waals surface area contributed by atoms with Crippen LogP contribution in [0.4, 0.5) is 0 Å². The molecule has 2 atom stereocenters. The quantitative estimate of drug-likeness (QED) is 0.794. The molecule has 1 saturated carbocycles. The van der Waals surface area contributed by atoms with E-state index in [1.54, 1.807) is 0 Å². The Morgan fingerprint density at radius 1 is 1.21 bits per heavy atom. The number of hydrogen-bond acceptors (Lipinski definition) is 2. The molecule has 0 saturated heterocycles. The molecular weight excluding hydrogens is 364 g/mol. The minimum atomic E-state index is -0.000424. The number of benzene rings is 1. The Bertz CT molecular complexity index is 744. The molecule has 1 heterocycles. The number of aromatic nitrogens is 1. The Morgan fingerprint density at radius 2 is 2.00 bits per heavy atom. The topological polar surface area (TPSA) is 42.0 Å². The third-order valence-electron chi connectivity index (χ3n) is 4.88. The van der Waals surface area contributed by atoms with Gasteiger partial charge in [0.05, 0.1) is 17.0 Å². The van der Waals surface area contributed by atoms with E-state index in [1.165, 1.54) is 19.3 Å². The highest BCUT2D eigenvalue weighted by molar-refractivity contribution is 9.10. The van der Waals surface area contributed by atoms with Crippen molar-refractivity contribution in [3.05, 3.63) is 52.1 Å². The van der Waals surface area contributed by atoms with Crippen LogP contribution < -0.4 is 5.32 Å². The molecule has 4 heteroatoms. The van der Waals surface area contributed by atoms with Gasteiger partial charge in [-0.25, -0.2) is 0 Å². The molecule has 1 N–H and O–H groups in total. The van der Waals surface area contributed by atoms with Crippen molar-refractivity contribution >= 4 is 21.8 Å². The first-order valence-corrected chi connectivity index (χ1v) is 9.38. The van der Waals surface area contributed by atoms with Gasteiger partial charge in [0.15, 0.2) is 0 Å². The van der Waals surface area contributed by atoms with Crippen molar-refractivity contribution in [2.75, 3.05) is 0 Å². The van der Waals surface area contributed by atoms with E-state index < -0.39 is 0 Å². The lowest BCUT2D eigenvalue weighted by Gasteiger charge is -2.29. The van der Waals surface area contributed by atoms with Crippen LogP contribution in [-0.2, 0) is 0 Å². The number of pyridine rings is 1. The van der Waals surface area contributed by atoms with Crippen molar-refractivity contribution in [1.29, 1.82) is 0 Å². The van der Waals surface area contributed by atoms with Gasteiger partial charge in [0, 0.05) is 16.1 Å². The molecule has 1 aliphatic carbocycles. The summed E-state index contributed by atoms with van der Waals surface area (Å²) in [5, 5.41) is 3.21. The normalized spacial score (nSPS) is 20.6. The maximum absolute atomic E-state index is 12.6. The zero-order valence-electron chi connectivity index (χ0n) is 14.2. The number of hydrogen-bond donors (Lipinski definition) is 1. The molecule has 1 amide bonds. The first-order chi connectivity index (χ1) is 11.5. The Labute approximate surface area is 152 Å². The third kappa shape index (κ3) is 3.86. The van der Waals surface area contributed by atoms with E-state index in [9.17, 15) is 4.79 Å². The van der Waals surface area contributed by atoms with Gasteiger partial charge >= 0.3 is 0 Å². The molecule has 3 nitrogen and oxygen atoms in total. The Balaban J connectivity index is 1.78. The number of amides is 1. The van der Waals surface area contributed by atoms with Gasteiger partial charge in [0.2, 0.25) is 0 Å². The second-order valence-electron chi connectivity index (χ2n) is 6.68. The van der Waals surface area contributed by atoms with E-state index in [2.05, 4.69) is 33.2 Å².